The highest BCUT2D eigenvalue weighted by Gasteiger charge is 2.16. The molecule has 0 spiro atoms. The second kappa shape index (κ2) is 7.15. The Morgan fingerprint density at radius 2 is 2.44 bits per heavy atom. The maximum atomic E-state index is 10.9. The fourth-order valence-electron chi connectivity index (χ4n) is 0.774. The molecular weight excluding hydrogens is 277 g/mol. The van der Waals surface area contributed by atoms with Gasteiger partial charge in [0.15, 0.2) is 10.8 Å². The molecule has 16 heavy (non-hydrogen) atoms. The highest BCUT2D eigenvalue weighted by molar-refractivity contribution is 7.14. The van der Waals surface area contributed by atoms with Gasteiger partial charge in [0, 0.05) is 5.38 Å². The molecule has 0 saturated carbocycles. The van der Waals surface area contributed by atoms with Crippen LogP contribution in [0.2, 0.25) is 0 Å². The zero-order valence-electron chi connectivity index (χ0n) is 7.97. The molecule has 1 N–H and O–H groups in total. The Labute approximate surface area is 106 Å². The van der Waals surface area contributed by atoms with Crippen molar-refractivity contribution in [2.75, 3.05) is 12.4 Å². The van der Waals surface area contributed by atoms with E-state index >= 15 is 0 Å². The van der Waals surface area contributed by atoms with E-state index in [1.165, 1.54) is 12.5 Å². The Balaban J connectivity index is 0.00000225. The first kappa shape index (κ1) is 14.8. The van der Waals surface area contributed by atoms with Crippen LogP contribution in [0.4, 0.5) is 5.13 Å². The van der Waals surface area contributed by atoms with Gasteiger partial charge in [-0.25, -0.2) is 4.98 Å². The molecule has 0 bridgehead atoms. The van der Waals surface area contributed by atoms with Crippen LogP contribution in [-0.2, 0) is 14.4 Å². The summed E-state index contributed by atoms with van der Waals surface area (Å²) in [6, 6.07) is 0. The summed E-state index contributed by atoms with van der Waals surface area (Å²) in [5, 5.41) is 6.87. The second-order valence-electron chi connectivity index (χ2n) is 2.20. The molecule has 6 nitrogen and oxygen atoms in total. The van der Waals surface area contributed by atoms with E-state index in [0.29, 0.717) is 11.5 Å². The number of amides is 1. The second-order valence-corrected chi connectivity index (χ2v) is 3.40. The van der Waals surface area contributed by atoms with Gasteiger partial charge in [0.05, 0.1) is 0 Å². The van der Waals surface area contributed by atoms with Crippen molar-refractivity contribution in [3.05, 3.63) is 11.1 Å². The van der Waals surface area contributed by atoms with Crippen LogP contribution in [0, 0.1) is 0 Å². The predicted octanol–water partition coefficient (Wildman–Crippen LogP) is 1.25. The molecule has 88 valence electrons. The number of carbonyl (C=O) groups excluding carboxylic acids is 2. The lowest BCUT2D eigenvalue weighted by Gasteiger charge is -1.94. The first-order chi connectivity index (χ1) is 7.19. The van der Waals surface area contributed by atoms with Crippen LogP contribution in [0.25, 0.3) is 0 Å². The molecule has 0 fully saturated rings. The smallest absolute Gasteiger partial charge is 0.276 e. The molecule has 0 aliphatic heterocycles. The average molecular weight is 284 g/mol. The fraction of sp³-hybridized carbons (Fsp3) is 0.143. The first-order valence-electron chi connectivity index (χ1n) is 3.66. The molecule has 0 atom stereocenters. The van der Waals surface area contributed by atoms with Gasteiger partial charge in [0.2, 0.25) is 6.41 Å². The Hall–Kier alpha value is -1.18. The topological polar surface area (TPSA) is 80.6 Å². The van der Waals surface area contributed by atoms with Crippen molar-refractivity contribution in [1.29, 1.82) is 0 Å². The van der Waals surface area contributed by atoms with Gasteiger partial charge in [-0.05, 0) is 11.6 Å². The molecule has 1 aromatic rings. The van der Waals surface area contributed by atoms with Crippen LogP contribution in [0.1, 0.15) is 5.69 Å². The number of rotatable bonds is 5. The van der Waals surface area contributed by atoms with Gasteiger partial charge in [-0.3, -0.25) is 9.59 Å². The number of carbonyl (C=O) groups is 2. The van der Waals surface area contributed by atoms with E-state index in [2.05, 4.69) is 20.3 Å². The minimum atomic E-state index is -0.778. The van der Waals surface area contributed by atoms with Crippen molar-refractivity contribution in [2.24, 2.45) is 5.16 Å². The van der Waals surface area contributed by atoms with E-state index < -0.39 is 5.24 Å². The summed E-state index contributed by atoms with van der Waals surface area (Å²) in [5.74, 6) is 0. The zero-order valence-corrected chi connectivity index (χ0v) is 10.4. The van der Waals surface area contributed by atoms with Crippen LogP contribution < -0.4 is 5.32 Å². The van der Waals surface area contributed by atoms with Gasteiger partial charge < -0.3 is 10.2 Å². The van der Waals surface area contributed by atoms with Crippen LogP contribution in [0.15, 0.2) is 10.5 Å². The van der Waals surface area contributed by atoms with Gasteiger partial charge in [0.25, 0.3) is 5.24 Å². The largest absolute Gasteiger partial charge is 0.398 e. The molecule has 1 heterocycles. The first-order valence-corrected chi connectivity index (χ1v) is 4.92. The minimum Gasteiger partial charge on any atom is -0.398 e. The molecule has 0 aliphatic rings. The van der Waals surface area contributed by atoms with E-state index in [1.807, 2.05) is 0 Å². The van der Waals surface area contributed by atoms with Gasteiger partial charge in [0.1, 0.15) is 12.8 Å². The Morgan fingerprint density at radius 1 is 1.75 bits per heavy atom. The third kappa shape index (κ3) is 3.76. The van der Waals surface area contributed by atoms with Gasteiger partial charge in [-0.2, -0.15) is 0 Å². The van der Waals surface area contributed by atoms with Crippen molar-refractivity contribution in [3.8, 4) is 0 Å². The van der Waals surface area contributed by atoms with Crippen molar-refractivity contribution in [3.63, 3.8) is 0 Å². The van der Waals surface area contributed by atoms with Gasteiger partial charge in [-0.1, -0.05) is 5.16 Å². The molecule has 0 aromatic carbocycles. The van der Waals surface area contributed by atoms with E-state index in [9.17, 15) is 9.59 Å². The number of thiazole rings is 1. The lowest BCUT2D eigenvalue weighted by molar-refractivity contribution is -0.106. The molecule has 9 heteroatoms. The molecule has 0 radical (unpaired) electrons. The molecule has 0 aliphatic carbocycles. The standard InChI is InChI=1S/C7H6ClN3O3S.ClH/c1-14-11-5(6(8)13)4-2-15-7(10-4)9-3-12;/h2-3H,1H3,(H,9,10,12);1H. The third-order valence-corrected chi connectivity index (χ3v) is 2.25. The highest BCUT2D eigenvalue weighted by Crippen LogP contribution is 2.16. The lowest BCUT2D eigenvalue weighted by atomic mass is 10.3. The summed E-state index contributed by atoms with van der Waals surface area (Å²) < 4.78 is 0. The maximum absolute atomic E-state index is 10.9. The van der Waals surface area contributed by atoms with E-state index in [0.717, 1.165) is 11.3 Å². The summed E-state index contributed by atoms with van der Waals surface area (Å²) in [5.41, 5.74) is 0.153. The molecular formula is C7H7Cl2N3O3S. The predicted molar refractivity (Wildman–Crippen MR) is 63.5 cm³/mol. The number of hydrogen-bond donors (Lipinski definition) is 1. The molecule has 1 rings (SSSR count). The van der Waals surface area contributed by atoms with Crippen LogP contribution in [0.5, 0.6) is 0 Å². The normalized spacial score (nSPS) is 10.2. The van der Waals surface area contributed by atoms with Crippen molar-refractivity contribution < 1.29 is 14.4 Å². The molecule has 1 aromatic heterocycles. The number of aromatic nitrogens is 1. The zero-order chi connectivity index (χ0) is 11.3. The summed E-state index contributed by atoms with van der Waals surface area (Å²) in [6.45, 7) is 0. The van der Waals surface area contributed by atoms with Gasteiger partial charge in [-0.15, -0.1) is 23.7 Å². The third-order valence-electron chi connectivity index (χ3n) is 1.30. The molecule has 1 amide bonds. The van der Waals surface area contributed by atoms with Gasteiger partial charge >= 0.3 is 0 Å². The number of nitrogens with one attached hydrogen (secondary N) is 1. The van der Waals surface area contributed by atoms with E-state index in [4.69, 9.17) is 11.6 Å². The number of hydrogen-bond acceptors (Lipinski definition) is 6. The number of anilines is 1. The van der Waals surface area contributed by atoms with Crippen LogP contribution in [-0.4, -0.2) is 29.5 Å². The van der Waals surface area contributed by atoms with Crippen molar-refractivity contribution in [2.45, 2.75) is 0 Å². The molecule has 0 saturated heterocycles. The van der Waals surface area contributed by atoms with Crippen LogP contribution >= 0.6 is 35.3 Å². The van der Waals surface area contributed by atoms with E-state index in [-0.39, 0.29) is 23.8 Å². The van der Waals surface area contributed by atoms with Crippen LogP contribution in [0.3, 0.4) is 0 Å². The minimum absolute atomic E-state index is 0. The summed E-state index contributed by atoms with van der Waals surface area (Å²) in [7, 11) is 1.29. The maximum Gasteiger partial charge on any atom is 0.276 e. The Morgan fingerprint density at radius 3 is 2.94 bits per heavy atom. The fourth-order valence-corrected chi connectivity index (χ4v) is 1.56. The lowest BCUT2D eigenvalue weighted by Crippen LogP contribution is -2.10. The molecule has 0 unspecified atom stereocenters. The quantitative estimate of drug-likeness (QED) is 0.382. The highest BCUT2D eigenvalue weighted by atomic mass is 35.5. The number of oxime groups is 1. The average Bonchev–Trinajstić information content (AvgIpc) is 2.62. The number of nitrogens with zero attached hydrogens (tertiary/aromatic N) is 2. The summed E-state index contributed by atoms with van der Waals surface area (Å²) in [4.78, 5) is 29.4. The summed E-state index contributed by atoms with van der Waals surface area (Å²) >= 11 is 6.41. The monoisotopic (exact) mass is 283 g/mol. The van der Waals surface area contributed by atoms with Crippen molar-refractivity contribution >= 4 is 57.8 Å². The Bertz CT molecular complexity index is 407. The Kier molecular flexibility index (Phi) is 6.63. The summed E-state index contributed by atoms with van der Waals surface area (Å²) in [6.07, 6.45) is 0.484. The SMILES string of the molecule is CON=C(C(=O)Cl)c1csc(NC=O)n1.Cl. The van der Waals surface area contributed by atoms with Crippen molar-refractivity contribution in [1.82, 2.24) is 4.98 Å². The van der Waals surface area contributed by atoms with E-state index in [1.54, 1.807) is 0 Å². The number of halogens is 2.